The highest BCUT2D eigenvalue weighted by Gasteiger charge is 2.31. The number of halogens is 4. The molecule has 4 heterocycles. The second kappa shape index (κ2) is 13.5. The third-order valence-electron chi connectivity index (χ3n) is 7.79. The lowest BCUT2D eigenvalue weighted by Crippen LogP contribution is -2.52. The number of rotatable bonds is 9. The molecule has 0 saturated carbocycles. The van der Waals surface area contributed by atoms with Crippen molar-refractivity contribution < 1.29 is 22.5 Å². The Morgan fingerprint density at radius 2 is 1.68 bits per heavy atom. The standard InChI is InChI=1S/C29H37ClF3N8O2P/c1-39-14-16-40(17-15-39)20-10-12-41(13-11-20)25-9-8-23(27(37-25)43-19-29(31,32)33)36-28-34-18-21(30)26(38-28)35-22-6-4-5-7-24(22)44(2,3)42/h4-9,18,20H,10-17,19H2,1-3H3,(H2,34,35,36,38). The summed E-state index contributed by atoms with van der Waals surface area (Å²) in [5.74, 6) is 0.627. The van der Waals surface area contributed by atoms with Gasteiger partial charge in [-0.25, -0.2) is 4.98 Å². The van der Waals surface area contributed by atoms with Crippen LogP contribution in [0, 0.1) is 0 Å². The summed E-state index contributed by atoms with van der Waals surface area (Å²) in [6, 6.07) is 11.0. The molecule has 3 aromatic rings. The fourth-order valence-electron chi connectivity index (χ4n) is 5.42. The monoisotopic (exact) mass is 652 g/mol. The number of likely N-dealkylation sites (N-methyl/N-ethyl adjacent to an activating group) is 1. The molecule has 0 amide bonds. The Hall–Kier alpha value is -3.12. The smallest absolute Gasteiger partial charge is 0.422 e. The molecule has 2 saturated heterocycles. The number of benzene rings is 1. The molecule has 2 N–H and O–H groups in total. The summed E-state index contributed by atoms with van der Waals surface area (Å²) in [6.45, 7) is 7.52. The number of aromatic nitrogens is 3. The van der Waals surface area contributed by atoms with Crippen LogP contribution in [-0.4, -0.2) is 103 Å². The van der Waals surface area contributed by atoms with Gasteiger partial charge in [-0.05, 0) is 57.5 Å². The third-order valence-corrected chi connectivity index (χ3v) is 9.62. The molecule has 1 aromatic carbocycles. The van der Waals surface area contributed by atoms with Crippen molar-refractivity contribution in [3.63, 3.8) is 0 Å². The molecule has 44 heavy (non-hydrogen) atoms. The second-order valence-electron chi connectivity index (χ2n) is 11.5. The molecular formula is C29H37ClF3N8O2P. The average molecular weight is 653 g/mol. The lowest BCUT2D eigenvalue weighted by molar-refractivity contribution is -0.153. The Kier molecular flexibility index (Phi) is 9.89. The predicted molar refractivity (Wildman–Crippen MR) is 169 cm³/mol. The van der Waals surface area contributed by atoms with E-state index >= 15 is 0 Å². The minimum absolute atomic E-state index is 0.0601. The van der Waals surface area contributed by atoms with E-state index in [-0.39, 0.29) is 28.4 Å². The zero-order valence-electron chi connectivity index (χ0n) is 24.9. The first-order chi connectivity index (χ1) is 20.9. The highest BCUT2D eigenvalue weighted by Crippen LogP contribution is 2.39. The van der Waals surface area contributed by atoms with Crippen molar-refractivity contribution >= 4 is 53.0 Å². The molecule has 10 nitrogen and oxygen atoms in total. The Bertz CT molecular complexity index is 1490. The van der Waals surface area contributed by atoms with Crippen LogP contribution < -0.4 is 25.6 Å². The van der Waals surface area contributed by atoms with Crippen LogP contribution in [0.2, 0.25) is 5.02 Å². The molecule has 0 aliphatic carbocycles. The predicted octanol–water partition coefficient (Wildman–Crippen LogP) is 5.42. The van der Waals surface area contributed by atoms with Gasteiger partial charge in [-0.15, -0.1) is 0 Å². The van der Waals surface area contributed by atoms with Gasteiger partial charge in [-0.3, -0.25) is 4.90 Å². The maximum atomic E-state index is 13.2. The second-order valence-corrected chi connectivity index (χ2v) is 15.1. The highest BCUT2D eigenvalue weighted by atomic mass is 35.5. The number of anilines is 5. The van der Waals surface area contributed by atoms with Gasteiger partial charge in [0.25, 0.3) is 0 Å². The van der Waals surface area contributed by atoms with Gasteiger partial charge in [0.1, 0.15) is 23.7 Å². The number of para-hydroxylation sites is 1. The number of alkyl halides is 3. The largest absolute Gasteiger partial charge is 0.466 e. The zero-order chi connectivity index (χ0) is 31.5. The van der Waals surface area contributed by atoms with Crippen LogP contribution in [0.5, 0.6) is 5.88 Å². The van der Waals surface area contributed by atoms with Crippen LogP contribution in [0.3, 0.4) is 0 Å². The molecule has 0 unspecified atom stereocenters. The van der Waals surface area contributed by atoms with Gasteiger partial charge in [0, 0.05) is 50.6 Å². The lowest BCUT2D eigenvalue weighted by atomic mass is 10.0. The number of piperidine rings is 1. The first-order valence-electron chi connectivity index (χ1n) is 14.4. The SMILES string of the molecule is CN1CCN(C2CCN(c3ccc(Nc4ncc(Cl)c(Nc5ccccc5P(C)(C)=O)n4)c(OCC(F)(F)F)n3)CC2)CC1. The number of hydrogen-bond donors (Lipinski definition) is 2. The van der Waals surface area contributed by atoms with Crippen molar-refractivity contribution in [3.05, 3.63) is 47.6 Å². The van der Waals surface area contributed by atoms with Crippen LogP contribution >= 0.6 is 18.7 Å². The minimum Gasteiger partial charge on any atom is -0.466 e. The number of piperazine rings is 1. The van der Waals surface area contributed by atoms with E-state index < -0.39 is 19.9 Å². The summed E-state index contributed by atoms with van der Waals surface area (Å²) in [4.78, 5) is 20.0. The van der Waals surface area contributed by atoms with Crippen molar-refractivity contribution in [2.75, 3.05) is 81.8 Å². The van der Waals surface area contributed by atoms with Gasteiger partial charge in [0.05, 0.1) is 11.9 Å². The van der Waals surface area contributed by atoms with Crippen molar-refractivity contribution in [1.82, 2.24) is 24.8 Å². The molecule has 0 spiro atoms. The van der Waals surface area contributed by atoms with Crippen LogP contribution in [0.1, 0.15) is 12.8 Å². The summed E-state index contributed by atoms with van der Waals surface area (Å²) in [6.07, 6.45) is -1.28. The van der Waals surface area contributed by atoms with E-state index in [4.69, 9.17) is 16.3 Å². The summed E-state index contributed by atoms with van der Waals surface area (Å²) in [5.41, 5.74) is 0.745. The number of nitrogens with one attached hydrogen (secondary N) is 2. The zero-order valence-corrected chi connectivity index (χ0v) is 26.6. The molecule has 2 aliphatic heterocycles. The molecule has 2 aromatic heterocycles. The van der Waals surface area contributed by atoms with Gasteiger partial charge in [0.15, 0.2) is 12.4 Å². The Morgan fingerprint density at radius 3 is 2.36 bits per heavy atom. The van der Waals surface area contributed by atoms with E-state index in [1.54, 1.807) is 49.7 Å². The van der Waals surface area contributed by atoms with Crippen LogP contribution in [-0.2, 0) is 4.57 Å². The van der Waals surface area contributed by atoms with Gasteiger partial charge in [0.2, 0.25) is 11.8 Å². The Morgan fingerprint density at radius 1 is 0.977 bits per heavy atom. The number of pyridine rings is 1. The molecule has 0 atom stereocenters. The Labute approximate surface area is 260 Å². The van der Waals surface area contributed by atoms with E-state index in [9.17, 15) is 17.7 Å². The highest BCUT2D eigenvalue weighted by molar-refractivity contribution is 7.70. The van der Waals surface area contributed by atoms with Crippen molar-refractivity contribution in [2.45, 2.75) is 25.1 Å². The third kappa shape index (κ3) is 8.32. The number of nitrogens with zero attached hydrogens (tertiary/aromatic N) is 6. The van der Waals surface area contributed by atoms with Crippen LogP contribution in [0.4, 0.5) is 42.1 Å². The molecule has 0 bridgehead atoms. The minimum atomic E-state index is -4.55. The van der Waals surface area contributed by atoms with Crippen molar-refractivity contribution in [1.29, 1.82) is 0 Å². The van der Waals surface area contributed by atoms with E-state index in [0.29, 0.717) is 22.9 Å². The Balaban J connectivity index is 1.33. The summed E-state index contributed by atoms with van der Waals surface area (Å²) >= 11 is 6.36. The van der Waals surface area contributed by atoms with Gasteiger partial charge < -0.3 is 29.7 Å². The maximum Gasteiger partial charge on any atom is 0.422 e. The first kappa shape index (κ1) is 32.3. The topological polar surface area (TPSA) is 98.8 Å². The maximum absolute atomic E-state index is 13.2. The fraction of sp³-hybridized carbons (Fsp3) is 0.483. The van der Waals surface area contributed by atoms with Crippen molar-refractivity contribution in [3.8, 4) is 5.88 Å². The van der Waals surface area contributed by atoms with Gasteiger partial charge >= 0.3 is 6.18 Å². The summed E-state index contributed by atoms with van der Waals surface area (Å²) < 4.78 is 57.5. The van der Waals surface area contributed by atoms with E-state index in [1.165, 1.54) is 6.20 Å². The quantitative estimate of drug-likeness (QED) is 0.292. The first-order valence-corrected chi connectivity index (χ1v) is 17.4. The molecule has 2 fully saturated rings. The number of ether oxygens (including phenoxy) is 1. The average Bonchev–Trinajstić information content (AvgIpc) is 2.98. The van der Waals surface area contributed by atoms with E-state index in [2.05, 4.69) is 47.3 Å². The number of hydrogen-bond acceptors (Lipinski definition) is 10. The molecule has 5 rings (SSSR count). The van der Waals surface area contributed by atoms with Crippen LogP contribution in [0.25, 0.3) is 0 Å². The molecule has 2 aliphatic rings. The van der Waals surface area contributed by atoms with Crippen LogP contribution in [0.15, 0.2) is 42.6 Å². The van der Waals surface area contributed by atoms with Crippen molar-refractivity contribution in [2.24, 2.45) is 0 Å². The van der Waals surface area contributed by atoms with E-state index in [1.807, 2.05) is 0 Å². The lowest BCUT2D eigenvalue weighted by Gasteiger charge is -2.42. The van der Waals surface area contributed by atoms with Gasteiger partial charge in [-0.1, -0.05) is 23.7 Å². The molecule has 238 valence electrons. The molecular weight excluding hydrogens is 616 g/mol. The summed E-state index contributed by atoms with van der Waals surface area (Å²) in [7, 11) is -0.488. The molecule has 15 heteroatoms. The van der Waals surface area contributed by atoms with E-state index in [0.717, 1.165) is 52.1 Å². The normalized spacial score (nSPS) is 17.5. The molecule has 0 radical (unpaired) electrons. The fourth-order valence-corrected chi connectivity index (χ4v) is 6.72. The van der Waals surface area contributed by atoms with Gasteiger partial charge in [-0.2, -0.15) is 23.1 Å². The summed E-state index contributed by atoms with van der Waals surface area (Å²) in [5, 5.41) is 6.87.